The minimum absolute atomic E-state index is 0. The van der Waals surface area contributed by atoms with Gasteiger partial charge in [0.1, 0.15) is 16.8 Å². The molecule has 8 heterocycles. The number of aliphatic carboxylic acids is 1. The molecule has 0 unspecified atom stereocenters. The van der Waals surface area contributed by atoms with E-state index in [4.69, 9.17) is 24.4 Å². The molecule has 84 heavy (non-hydrogen) atoms. The van der Waals surface area contributed by atoms with Crippen molar-refractivity contribution in [1.82, 2.24) is 40.0 Å². The van der Waals surface area contributed by atoms with Gasteiger partial charge in [-0.05, 0) is 177 Å². The second-order valence-corrected chi connectivity index (χ2v) is 25.2. The van der Waals surface area contributed by atoms with Crippen molar-refractivity contribution in [3.05, 3.63) is 0 Å². The molecule has 8 aliphatic rings. The second kappa shape index (κ2) is 44.3. The highest BCUT2D eigenvalue weighted by Gasteiger charge is 2.37. The van der Waals surface area contributed by atoms with E-state index in [9.17, 15) is 39.3 Å². The Balaban J connectivity index is -0.000000311. The van der Waals surface area contributed by atoms with Gasteiger partial charge in [-0.15, -0.1) is 0 Å². The number of ether oxygens (including phenoxy) is 3. The molecule has 0 saturated carbocycles. The Morgan fingerprint density at radius 2 is 0.726 bits per heavy atom. The van der Waals surface area contributed by atoms with Crippen LogP contribution in [-0.2, 0) is 23.8 Å². The van der Waals surface area contributed by atoms with Crippen LogP contribution in [0.2, 0.25) is 0 Å². The van der Waals surface area contributed by atoms with Crippen molar-refractivity contribution in [2.75, 3.05) is 118 Å². The summed E-state index contributed by atoms with van der Waals surface area (Å²) in [6, 6.07) is 0. The first-order valence-electron chi connectivity index (χ1n) is 28.7. The highest BCUT2D eigenvalue weighted by molar-refractivity contribution is 7.59. The lowest BCUT2D eigenvalue weighted by Crippen LogP contribution is -2.44. The molecular weight excluding hydrogens is 1160 g/mol. The fourth-order valence-electron chi connectivity index (χ4n) is 10.3. The second-order valence-electron chi connectivity index (χ2n) is 25.2. The zero-order chi connectivity index (χ0) is 56.2. The standard InChI is InChI=1S/C15H26N2O4.C15H28N2O3.C10H20N2O.C10H17NO4.C5H11NO.4CH4.4H2S/c1-15(2,3)21-14(20)17-7-4-11(10-17)13(19)16-8-5-12(18)6-9-16;1-15(2,3)20-14(19)17-9-4-12(11-17)10-16-7-5-13(18)6-8-16;13-10-2-5-12(6-3-10)8-9-1-4-11-7-9;1-10(2,3)15-9(14)11-5-4-7(6-11)8(12)13;7-5-1-3-6-4-2-5;;;;;;;;/h11-12,18H,4-10H2,1-3H3;12-13,18H,4-11H2,1-3H3;9-11,13H,1-8H2;7H,4-6H2,1-3H3,(H,12,13);5-7H,1-4H2;4*1H4;4*1H2/t11-;12-;9-;7-;;;;;;;;;/m0100........./s1. The number of hydrogen-bond donors (Lipinski definition) is 7. The van der Waals surface area contributed by atoms with E-state index >= 15 is 0 Å². The first kappa shape index (κ1) is 90.6. The first-order valence-corrected chi connectivity index (χ1v) is 28.7. The summed E-state index contributed by atoms with van der Waals surface area (Å²) in [4.78, 5) is 70.3. The number of aliphatic hydroxyl groups is 4. The van der Waals surface area contributed by atoms with E-state index in [1.54, 1.807) is 25.7 Å². The number of nitrogens with one attached hydrogen (secondary N) is 2. The molecule has 0 radical (unpaired) electrons. The molecule has 8 aliphatic heterocycles. The number of carbonyl (C=O) groups is 5. The number of hydrogen-bond acceptors (Lipinski definition) is 16. The van der Waals surface area contributed by atoms with Crippen LogP contribution in [-0.4, -0.2) is 244 Å². The van der Waals surface area contributed by atoms with Crippen LogP contribution in [0.1, 0.15) is 169 Å². The van der Waals surface area contributed by atoms with Crippen molar-refractivity contribution in [2.24, 2.45) is 23.7 Å². The Morgan fingerprint density at radius 1 is 0.405 bits per heavy atom. The zero-order valence-electron chi connectivity index (χ0n) is 50.0. The van der Waals surface area contributed by atoms with E-state index in [0.717, 1.165) is 110 Å². The quantitative estimate of drug-likeness (QED) is 0.132. The van der Waals surface area contributed by atoms with Crippen molar-refractivity contribution in [2.45, 2.75) is 210 Å². The highest BCUT2D eigenvalue weighted by atomic mass is 32.1. The summed E-state index contributed by atoms with van der Waals surface area (Å²) in [5.41, 5.74) is -1.46. The average molecular weight is 1280 g/mol. The molecule has 504 valence electrons. The zero-order valence-corrected chi connectivity index (χ0v) is 54.0. The van der Waals surface area contributed by atoms with Crippen molar-refractivity contribution in [3.8, 4) is 0 Å². The van der Waals surface area contributed by atoms with Gasteiger partial charge in [-0.2, -0.15) is 54.0 Å². The molecule has 21 nitrogen and oxygen atoms in total. The largest absolute Gasteiger partial charge is 0.481 e. The molecule has 8 fully saturated rings. The van der Waals surface area contributed by atoms with Gasteiger partial charge >= 0.3 is 24.2 Å². The van der Waals surface area contributed by atoms with Gasteiger partial charge in [0.2, 0.25) is 5.91 Å². The lowest BCUT2D eigenvalue weighted by atomic mass is 10.0. The third kappa shape index (κ3) is 36.3. The van der Waals surface area contributed by atoms with Crippen molar-refractivity contribution < 1.29 is 63.7 Å². The number of nitrogens with zero attached hydrogens (tertiary/aromatic N) is 6. The molecule has 0 aromatic rings. The third-order valence-corrected chi connectivity index (χ3v) is 14.7. The number of likely N-dealkylation sites (tertiary alicyclic amines) is 6. The number of carbonyl (C=O) groups excluding carboxylic acids is 4. The molecule has 4 atom stereocenters. The number of amides is 4. The molecular formula is C59H126N8O13S4. The number of carboxylic acid groups (broad SMARTS) is 1. The average Bonchev–Trinajstić information content (AvgIpc) is 4.19. The molecule has 0 aromatic carbocycles. The van der Waals surface area contributed by atoms with Crippen LogP contribution in [0.5, 0.6) is 0 Å². The van der Waals surface area contributed by atoms with Gasteiger partial charge in [-0.1, -0.05) is 29.7 Å². The molecule has 4 amide bonds. The fraction of sp³-hybridized carbons (Fsp3) is 0.915. The maximum absolute atomic E-state index is 12.4. The monoisotopic (exact) mass is 1280 g/mol. The number of carboxylic acids is 1. The number of rotatable bonds is 6. The van der Waals surface area contributed by atoms with Gasteiger partial charge in [0.05, 0.1) is 36.3 Å². The van der Waals surface area contributed by atoms with Gasteiger partial charge < -0.3 is 79.8 Å². The van der Waals surface area contributed by atoms with E-state index in [-0.39, 0.29) is 139 Å². The molecule has 7 N–H and O–H groups in total. The minimum Gasteiger partial charge on any atom is -0.481 e. The topological polar surface area (TPSA) is 258 Å². The van der Waals surface area contributed by atoms with Gasteiger partial charge in [-0.3, -0.25) is 9.59 Å². The minimum atomic E-state index is -0.846. The fourth-order valence-corrected chi connectivity index (χ4v) is 10.3. The Hall–Kier alpha value is -2.17. The summed E-state index contributed by atoms with van der Waals surface area (Å²) in [5, 5.41) is 52.5. The molecule has 8 rings (SSSR count). The lowest BCUT2D eigenvalue weighted by Gasteiger charge is -2.31. The third-order valence-electron chi connectivity index (χ3n) is 14.7. The summed E-state index contributed by atoms with van der Waals surface area (Å²) in [6.45, 7) is 31.9. The summed E-state index contributed by atoms with van der Waals surface area (Å²) in [5.74, 6) is 0.0762. The van der Waals surface area contributed by atoms with E-state index in [2.05, 4.69) is 20.4 Å². The normalized spacial score (nSPS) is 23.2. The summed E-state index contributed by atoms with van der Waals surface area (Å²) in [7, 11) is 0. The predicted octanol–water partition coefficient (Wildman–Crippen LogP) is 7.03. The predicted molar refractivity (Wildman–Crippen MR) is 358 cm³/mol. The molecule has 0 aliphatic carbocycles. The van der Waals surface area contributed by atoms with Crippen LogP contribution in [0.15, 0.2) is 0 Å². The summed E-state index contributed by atoms with van der Waals surface area (Å²) < 4.78 is 15.9. The van der Waals surface area contributed by atoms with Crippen LogP contribution in [0.25, 0.3) is 0 Å². The molecule has 25 heteroatoms. The summed E-state index contributed by atoms with van der Waals surface area (Å²) in [6.07, 6.45) is 9.03. The molecule has 0 aromatic heterocycles. The van der Waals surface area contributed by atoms with Crippen LogP contribution in [0.3, 0.4) is 0 Å². The SMILES string of the molecule is C.C.C.C.CC(C)(C)OC(=O)N1CC[C@H](C(=O)N2CCC(O)CC2)C1.CC(C)(C)OC(=O)N1CC[C@H](C(=O)O)C1.CC(C)(C)OC(=O)N1CC[C@H](CN2CCC(O)CC2)C1.OC1CCN(C[C@H]2CCNC2)CC1.OC1CCNCC1.S.S.S.S. The Bertz CT molecular complexity index is 1770. The van der Waals surface area contributed by atoms with Crippen LogP contribution in [0.4, 0.5) is 14.4 Å². The maximum Gasteiger partial charge on any atom is 0.410 e. The summed E-state index contributed by atoms with van der Waals surface area (Å²) >= 11 is 0. The molecule has 0 spiro atoms. The van der Waals surface area contributed by atoms with Gasteiger partial charge in [-0.25, -0.2) is 14.4 Å². The van der Waals surface area contributed by atoms with Crippen molar-refractivity contribution in [3.63, 3.8) is 0 Å². The smallest absolute Gasteiger partial charge is 0.410 e. The number of piperidine rings is 4. The van der Waals surface area contributed by atoms with E-state index in [1.807, 2.05) is 51.3 Å². The first-order chi connectivity index (χ1) is 35.6. The van der Waals surface area contributed by atoms with Crippen LogP contribution >= 0.6 is 54.0 Å². The maximum atomic E-state index is 12.4. The van der Waals surface area contributed by atoms with Gasteiger partial charge in [0.25, 0.3) is 0 Å². The van der Waals surface area contributed by atoms with Crippen molar-refractivity contribution in [1.29, 1.82) is 0 Å². The van der Waals surface area contributed by atoms with Gasteiger partial charge in [0.15, 0.2) is 0 Å². The van der Waals surface area contributed by atoms with E-state index < -0.39 is 34.8 Å². The Labute approximate surface area is 536 Å². The van der Waals surface area contributed by atoms with Crippen LogP contribution < -0.4 is 10.6 Å². The van der Waals surface area contributed by atoms with E-state index in [0.29, 0.717) is 64.3 Å². The number of aliphatic hydroxyl groups excluding tert-OH is 4. The van der Waals surface area contributed by atoms with Crippen LogP contribution in [0, 0.1) is 23.7 Å². The molecule has 8 saturated heterocycles. The lowest BCUT2D eigenvalue weighted by molar-refractivity contribution is -0.141. The van der Waals surface area contributed by atoms with Crippen molar-refractivity contribution >= 4 is 84.1 Å². The Kier molecular flexibility index (Phi) is 47.8. The molecule has 0 bridgehead atoms. The van der Waals surface area contributed by atoms with Gasteiger partial charge in [0, 0.05) is 91.6 Å². The van der Waals surface area contributed by atoms with E-state index in [1.165, 1.54) is 31.0 Å². The highest BCUT2D eigenvalue weighted by Crippen LogP contribution is 2.25. The Morgan fingerprint density at radius 3 is 1.07 bits per heavy atom.